The van der Waals surface area contributed by atoms with E-state index in [0.717, 1.165) is 23.7 Å². The molecule has 1 aliphatic carbocycles. The summed E-state index contributed by atoms with van der Waals surface area (Å²) in [6.07, 6.45) is 5.38. The molecule has 0 unspecified atom stereocenters. The van der Waals surface area contributed by atoms with E-state index < -0.39 is 0 Å². The van der Waals surface area contributed by atoms with Gasteiger partial charge in [0.1, 0.15) is 0 Å². The molecule has 0 amide bonds. The van der Waals surface area contributed by atoms with Gasteiger partial charge in [0.05, 0.1) is 5.52 Å². The first kappa shape index (κ1) is 13.6. The summed E-state index contributed by atoms with van der Waals surface area (Å²) in [4.78, 5) is 4.61. The molecule has 2 heteroatoms. The zero-order chi connectivity index (χ0) is 13.9. The van der Waals surface area contributed by atoms with Crippen LogP contribution in [0.25, 0.3) is 10.9 Å². The molecular formula is C18H24N2. The van der Waals surface area contributed by atoms with Crippen molar-refractivity contribution in [2.75, 3.05) is 0 Å². The van der Waals surface area contributed by atoms with Crippen molar-refractivity contribution in [2.45, 2.75) is 52.1 Å². The van der Waals surface area contributed by atoms with E-state index in [4.69, 9.17) is 0 Å². The molecule has 1 heterocycles. The molecule has 0 radical (unpaired) electrons. The number of aryl methyl sites for hydroxylation is 1. The molecule has 0 atom stereocenters. The van der Waals surface area contributed by atoms with Gasteiger partial charge in [0.15, 0.2) is 0 Å². The van der Waals surface area contributed by atoms with Gasteiger partial charge in [-0.05, 0) is 56.2 Å². The third kappa shape index (κ3) is 3.01. The highest BCUT2D eigenvalue weighted by molar-refractivity contribution is 5.82. The molecule has 20 heavy (non-hydrogen) atoms. The highest BCUT2D eigenvalue weighted by Gasteiger charge is 2.17. The van der Waals surface area contributed by atoms with Crippen molar-refractivity contribution in [3.05, 3.63) is 41.6 Å². The fourth-order valence-corrected chi connectivity index (χ4v) is 3.26. The molecule has 3 rings (SSSR count). The first-order valence-electron chi connectivity index (χ1n) is 7.81. The Labute approximate surface area is 121 Å². The summed E-state index contributed by atoms with van der Waals surface area (Å²) in [5.41, 5.74) is 3.60. The molecule has 0 aliphatic heterocycles. The van der Waals surface area contributed by atoms with Crippen molar-refractivity contribution in [3.63, 3.8) is 0 Å². The van der Waals surface area contributed by atoms with E-state index >= 15 is 0 Å². The second kappa shape index (κ2) is 5.92. The van der Waals surface area contributed by atoms with Gasteiger partial charge in [-0.25, -0.2) is 0 Å². The summed E-state index contributed by atoms with van der Waals surface area (Å²) in [5.74, 6) is 0.914. The molecule has 1 aromatic heterocycles. The van der Waals surface area contributed by atoms with Gasteiger partial charge in [0.2, 0.25) is 0 Å². The zero-order valence-corrected chi connectivity index (χ0v) is 12.5. The van der Waals surface area contributed by atoms with Crippen LogP contribution in [0, 0.1) is 12.8 Å². The maximum atomic E-state index is 4.61. The lowest BCUT2D eigenvalue weighted by Gasteiger charge is -2.27. The SMILES string of the molecule is Cc1cc(CNC2CCC(C)CC2)c2ccccc2n1. The van der Waals surface area contributed by atoms with Crippen LogP contribution >= 0.6 is 0 Å². The summed E-state index contributed by atoms with van der Waals surface area (Å²) < 4.78 is 0. The summed E-state index contributed by atoms with van der Waals surface area (Å²) in [7, 11) is 0. The van der Waals surface area contributed by atoms with Crippen molar-refractivity contribution >= 4 is 10.9 Å². The molecule has 2 nitrogen and oxygen atoms in total. The summed E-state index contributed by atoms with van der Waals surface area (Å²) in [6.45, 7) is 5.41. The second-order valence-electron chi connectivity index (χ2n) is 6.28. The van der Waals surface area contributed by atoms with Gasteiger partial charge in [-0.3, -0.25) is 4.98 Å². The molecule has 2 aromatic rings. The average molecular weight is 268 g/mol. The van der Waals surface area contributed by atoms with Crippen molar-refractivity contribution in [2.24, 2.45) is 5.92 Å². The van der Waals surface area contributed by atoms with Crippen LogP contribution in [0.3, 0.4) is 0 Å². The van der Waals surface area contributed by atoms with E-state index in [2.05, 4.69) is 54.5 Å². The van der Waals surface area contributed by atoms with E-state index in [-0.39, 0.29) is 0 Å². The molecule has 0 bridgehead atoms. The van der Waals surface area contributed by atoms with Crippen LogP contribution in [-0.4, -0.2) is 11.0 Å². The molecule has 0 spiro atoms. The molecular weight excluding hydrogens is 244 g/mol. The Morgan fingerprint density at radius 1 is 1.15 bits per heavy atom. The lowest BCUT2D eigenvalue weighted by atomic mass is 9.87. The van der Waals surface area contributed by atoms with Gasteiger partial charge in [0, 0.05) is 23.7 Å². The molecule has 1 saturated carbocycles. The molecule has 1 N–H and O–H groups in total. The number of para-hydroxylation sites is 1. The van der Waals surface area contributed by atoms with E-state index in [1.54, 1.807) is 0 Å². The number of hydrogen-bond donors (Lipinski definition) is 1. The molecule has 1 aromatic carbocycles. The van der Waals surface area contributed by atoms with Crippen LogP contribution in [0.2, 0.25) is 0 Å². The highest BCUT2D eigenvalue weighted by Crippen LogP contribution is 2.24. The maximum absolute atomic E-state index is 4.61. The van der Waals surface area contributed by atoms with Crippen LogP contribution in [0.1, 0.15) is 43.9 Å². The quantitative estimate of drug-likeness (QED) is 0.902. The minimum absolute atomic E-state index is 0.693. The number of pyridine rings is 1. The predicted molar refractivity (Wildman–Crippen MR) is 84.7 cm³/mol. The Morgan fingerprint density at radius 2 is 1.90 bits per heavy atom. The Morgan fingerprint density at radius 3 is 2.70 bits per heavy atom. The third-order valence-corrected chi connectivity index (χ3v) is 4.53. The normalized spacial score (nSPS) is 23.1. The standard InChI is InChI=1S/C18H24N2/c1-13-7-9-16(10-8-13)19-12-15-11-14(2)20-18-6-4-3-5-17(15)18/h3-6,11,13,16,19H,7-10,12H2,1-2H3. The Bertz CT molecular complexity index is 583. The van der Waals surface area contributed by atoms with Crippen LogP contribution in [0.15, 0.2) is 30.3 Å². The number of aromatic nitrogens is 1. The van der Waals surface area contributed by atoms with Crippen molar-refractivity contribution < 1.29 is 0 Å². The molecule has 0 saturated heterocycles. The third-order valence-electron chi connectivity index (χ3n) is 4.53. The smallest absolute Gasteiger partial charge is 0.0708 e. The number of rotatable bonds is 3. The number of fused-ring (bicyclic) bond motifs is 1. The Kier molecular flexibility index (Phi) is 4.02. The van der Waals surface area contributed by atoms with Gasteiger partial charge >= 0.3 is 0 Å². The van der Waals surface area contributed by atoms with Crippen LogP contribution < -0.4 is 5.32 Å². The molecule has 1 fully saturated rings. The molecule has 1 aliphatic rings. The van der Waals surface area contributed by atoms with E-state index in [1.165, 1.54) is 36.6 Å². The monoisotopic (exact) mass is 268 g/mol. The summed E-state index contributed by atoms with van der Waals surface area (Å²) >= 11 is 0. The largest absolute Gasteiger partial charge is 0.310 e. The van der Waals surface area contributed by atoms with E-state index in [9.17, 15) is 0 Å². The van der Waals surface area contributed by atoms with Gasteiger partial charge in [-0.15, -0.1) is 0 Å². The van der Waals surface area contributed by atoms with Crippen molar-refractivity contribution in [1.82, 2.24) is 10.3 Å². The number of nitrogens with zero attached hydrogens (tertiary/aromatic N) is 1. The van der Waals surface area contributed by atoms with Gasteiger partial charge in [-0.1, -0.05) is 25.1 Å². The maximum Gasteiger partial charge on any atom is 0.0708 e. The van der Waals surface area contributed by atoms with E-state index in [1.807, 2.05) is 0 Å². The van der Waals surface area contributed by atoms with Gasteiger partial charge < -0.3 is 5.32 Å². The first-order valence-corrected chi connectivity index (χ1v) is 7.81. The first-order chi connectivity index (χ1) is 9.72. The lowest BCUT2D eigenvalue weighted by molar-refractivity contribution is 0.307. The summed E-state index contributed by atoms with van der Waals surface area (Å²) in [5, 5.41) is 5.04. The van der Waals surface area contributed by atoms with Crippen LogP contribution in [0.4, 0.5) is 0 Å². The number of benzene rings is 1. The van der Waals surface area contributed by atoms with Gasteiger partial charge in [-0.2, -0.15) is 0 Å². The van der Waals surface area contributed by atoms with Crippen molar-refractivity contribution in [3.8, 4) is 0 Å². The minimum atomic E-state index is 0.693. The second-order valence-corrected chi connectivity index (χ2v) is 6.28. The fourth-order valence-electron chi connectivity index (χ4n) is 3.26. The number of hydrogen-bond acceptors (Lipinski definition) is 2. The summed E-state index contributed by atoms with van der Waals surface area (Å²) in [6, 6.07) is 11.4. The fraction of sp³-hybridized carbons (Fsp3) is 0.500. The predicted octanol–water partition coefficient (Wildman–Crippen LogP) is 4.21. The topological polar surface area (TPSA) is 24.9 Å². The lowest BCUT2D eigenvalue weighted by Crippen LogP contribution is -2.32. The average Bonchev–Trinajstić information content (AvgIpc) is 2.46. The van der Waals surface area contributed by atoms with Crippen LogP contribution in [-0.2, 0) is 6.54 Å². The van der Waals surface area contributed by atoms with E-state index in [0.29, 0.717) is 6.04 Å². The molecule has 106 valence electrons. The van der Waals surface area contributed by atoms with Crippen molar-refractivity contribution in [1.29, 1.82) is 0 Å². The number of nitrogens with one attached hydrogen (secondary N) is 1. The Hall–Kier alpha value is -1.41. The Balaban J connectivity index is 1.74. The zero-order valence-electron chi connectivity index (χ0n) is 12.5. The highest BCUT2D eigenvalue weighted by atomic mass is 14.9. The minimum Gasteiger partial charge on any atom is -0.310 e. The van der Waals surface area contributed by atoms with Crippen LogP contribution in [0.5, 0.6) is 0 Å². The van der Waals surface area contributed by atoms with Gasteiger partial charge in [0.25, 0.3) is 0 Å².